The molecule has 0 heterocycles. The zero-order valence-corrected chi connectivity index (χ0v) is 9.95. The maximum atomic E-state index is 10.6. The summed E-state index contributed by atoms with van der Waals surface area (Å²) in [4.78, 5) is 10.6. The minimum Gasteiger partial charge on any atom is -0.481 e. The van der Waals surface area contributed by atoms with Crippen LogP contribution in [0.4, 0.5) is 0 Å². The van der Waals surface area contributed by atoms with Crippen LogP contribution in [0.1, 0.15) is 57.8 Å². The predicted molar refractivity (Wildman–Crippen MR) is 64.3 cm³/mol. The fourth-order valence-corrected chi connectivity index (χ4v) is 3.30. The molecule has 0 amide bonds. The van der Waals surface area contributed by atoms with E-state index in [2.05, 4.69) is 6.08 Å². The average Bonchev–Trinajstić information content (AvgIpc) is 2.30. The fourth-order valence-electron chi connectivity index (χ4n) is 3.30. The van der Waals surface area contributed by atoms with Gasteiger partial charge in [-0.3, -0.25) is 4.79 Å². The number of carboxylic acids is 1. The number of rotatable bonds is 3. The molecule has 2 heteroatoms. The van der Waals surface area contributed by atoms with Crippen LogP contribution in [0.3, 0.4) is 0 Å². The van der Waals surface area contributed by atoms with Gasteiger partial charge in [-0.05, 0) is 31.1 Å². The van der Waals surface area contributed by atoms with Gasteiger partial charge in [-0.2, -0.15) is 0 Å². The van der Waals surface area contributed by atoms with E-state index in [0.717, 1.165) is 30.3 Å². The lowest BCUT2D eigenvalue weighted by molar-refractivity contribution is -0.136. The van der Waals surface area contributed by atoms with Crippen molar-refractivity contribution in [3.8, 4) is 0 Å². The van der Waals surface area contributed by atoms with Gasteiger partial charge in [-0.25, -0.2) is 0 Å². The molecule has 0 aromatic rings. The molecule has 0 radical (unpaired) electrons. The van der Waals surface area contributed by atoms with Gasteiger partial charge in [0.25, 0.3) is 0 Å². The number of carbonyl (C=O) groups is 1. The van der Waals surface area contributed by atoms with Crippen LogP contribution in [0.2, 0.25) is 0 Å². The van der Waals surface area contributed by atoms with E-state index in [-0.39, 0.29) is 6.42 Å². The normalized spacial score (nSPS) is 27.5. The Balaban J connectivity index is 1.83. The standard InChI is InChI=1S/C14H22O2/c15-14(16)10-11-6-8-13(9-7-11)12-4-2-1-3-5-12/h6,12-13H,1-5,7-10H2,(H,15,16). The molecule has 2 aliphatic carbocycles. The van der Waals surface area contributed by atoms with Gasteiger partial charge in [0.2, 0.25) is 0 Å². The highest BCUT2D eigenvalue weighted by Gasteiger charge is 2.25. The maximum absolute atomic E-state index is 10.6. The molecule has 90 valence electrons. The molecule has 16 heavy (non-hydrogen) atoms. The highest BCUT2D eigenvalue weighted by atomic mass is 16.4. The second kappa shape index (κ2) is 5.51. The molecule has 0 spiro atoms. The van der Waals surface area contributed by atoms with Crippen LogP contribution in [-0.2, 0) is 4.79 Å². The van der Waals surface area contributed by atoms with Gasteiger partial charge in [0.15, 0.2) is 0 Å². The third-order valence-corrected chi connectivity index (χ3v) is 4.24. The smallest absolute Gasteiger partial charge is 0.307 e. The van der Waals surface area contributed by atoms with Crippen molar-refractivity contribution < 1.29 is 9.90 Å². The lowest BCUT2D eigenvalue weighted by Crippen LogP contribution is -2.20. The van der Waals surface area contributed by atoms with Crippen molar-refractivity contribution in [3.63, 3.8) is 0 Å². The summed E-state index contributed by atoms with van der Waals surface area (Å²) >= 11 is 0. The van der Waals surface area contributed by atoms with Crippen molar-refractivity contribution in [2.75, 3.05) is 0 Å². The second-order valence-corrected chi connectivity index (χ2v) is 5.37. The van der Waals surface area contributed by atoms with Gasteiger partial charge in [0.1, 0.15) is 0 Å². The molecule has 2 rings (SSSR count). The van der Waals surface area contributed by atoms with Gasteiger partial charge < -0.3 is 5.11 Å². The third-order valence-electron chi connectivity index (χ3n) is 4.24. The molecule has 1 fully saturated rings. The van der Waals surface area contributed by atoms with Crippen molar-refractivity contribution >= 4 is 5.97 Å². The van der Waals surface area contributed by atoms with Gasteiger partial charge in [0.05, 0.1) is 6.42 Å². The van der Waals surface area contributed by atoms with Crippen molar-refractivity contribution in [2.24, 2.45) is 11.8 Å². The van der Waals surface area contributed by atoms with Crippen molar-refractivity contribution in [1.29, 1.82) is 0 Å². The summed E-state index contributed by atoms with van der Waals surface area (Å²) in [7, 11) is 0. The van der Waals surface area contributed by atoms with E-state index < -0.39 is 5.97 Å². The first kappa shape index (κ1) is 11.7. The van der Waals surface area contributed by atoms with E-state index in [1.165, 1.54) is 38.5 Å². The molecule has 1 atom stereocenters. The van der Waals surface area contributed by atoms with Gasteiger partial charge in [-0.1, -0.05) is 43.8 Å². The van der Waals surface area contributed by atoms with Gasteiger partial charge in [0, 0.05) is 0 Å². The predicted octanol–water partition coefficient (Wildman–Crippen LogP) is 3.77. The minimum absolute atomic E-state index is 0.261. The SMILES string of the molecule is O=C(O)CC1=CCC(C2CCCCC2)CC1. The van der Waals surface area contributed by atoms with Crippen molar-refractivity contribution in [3.05, 3.63) is 11.6 Å². The zero-order chi connectivity index (χ0) is 11.4. The number of aliphatic carboxylic acids is 1. The highest BCUT2D eigenvalue weighted by molar-refractivity contribution is 5.70. The van der Waals surface area contributed by atoms with Crippen LogP contribution < -0.4 is 0 Å². The van der Waals surface area contributed by atoms with Gasteiger partial charge in [-0.15, -0.1) is 0 Å². The molecule has 0 saturated heterocycles. The van der Waals surface area contributed by atoms with Crippen molar-refractivity contribution in [1.82, 2.24) is 0 Å². The lowest BCUT2D eigenvalue weighted by atomic mass is 9.74. The first-order valence-corrected chi connectivity index (χ1v) is 6.65. The summed E-state index contributed by atoms with van der Waals surface area (Å²) in [6.07, 6.45) is 12.9. The lowest BCUT2D eigenvalue weighted by Gasteiger charge is -2.32. The van der Waals surface area contributed by atoms with Gasteiger partial charge >= 0.3 is 5.97 Å². The summed E-state index contributed by atoms with van der Waals surface area (Å²) < 4.78 is 0. The number of allylic oxidation sites excluding steroid dienone is 1. The van der Waals surface area contributed by atoms with Crippen LogP contribution in [0.25, 0.3) is 0 Å². The van der Waals surface area contributed by atoms with Crippen LogP contribution in [-0.4, -0.2) is 11.1 Å². The summed E-state index contributed by atoms with van der Waals surface area (Å²) in [5.41, 5.74) is 1.15. The molecule has 0 aromatic heterocycles. The molecule has 2 aliphatic rings. The summed E-state index contributed by atoms with van der Waals surface area (Å²) in [5.74, 6) is 1.09. The Labute approximate surface area is 97.7 Å². The molecule has 0 bridgehead atoms. The number of hydrogen-bond donors (Lipinski definition) is 1. The monoisotopic (exact) mass is 222 g/mol. The molecule has 1 unspecified atom stereocenters. The highest BCUT2D eigenvalue weighted by Crippen LogP contribution is 2.38. The third kappa shape index (κ3) is 3.10. The second-order valence-electron chi connectivity index (χ2n) is 5.37. The summed E-state index contributed by atoms with van der Waals surface area (Å²) in [6.45, 7) is 0. The van der Waals surface area contributed by atoms with E-state index in [9.17, 15) is 4.79 Å². The first-order valence-electron chi connectivity index (χ1n) is 6.65. The Morgan fingerprint density at radius 3 is 2.50 bits per heavy atom. The average molecular weight is 222 g/mol. The molecule has 2 nitrogen and oxygen atoms in total. The van der Waals surface area contributed by atoms with Crippen LogP contribution in [0.15, 0.2) is 11.6 Å². The Kier molecular flexibility index (Phi) is 4.03. The van der Waals surface area contributed by atoms with Crippen molar-refractivity contribution in [2.45, 2.75) is 57.8 Å². The Hall–Kier alpha value is -0.790. The fraction of sp³-hybridized carbons (Fsp3) is 0.786. The maximum Gasteiger partial charge on any atom is 0.307 e. The minimum atomic E-state index is -0.678. The molecule has 1 N–H and O–H groups in total. The Morgan fingerprint density at radius 1 is 1.19 bits per heavy atom. The Bertz CT molecular complexity index is 274. The number of hydrogen-bond acceptors (Lipinski definition) is 1. The quantitative estimate of drug-likeness (QED) is 0.738. The molecule has 0 aromatic carbocycles. The van der Waals surface area contributed by atoms with E-state index >= 15 is 0 Å². The largest absolute Gasteiger partial charge is 0.481 e. The molecule has 0 aliphatic heterocycles. The van der Waals surface area contributed by atoms with E-state index in [0.29, 0.717) is 0 Å². The van der Waals surface area contributed by atoms with Crippen LogP contribution in [0.5, 0.6) is 0 Å². The first-order chi connectivity index (χ1) is 7.75. The molecular weight excluding hydrogens is 200 g/mol. The number of carboxylic acid groups (broad SMARTS) is 1. The summed E-state index contributed by atoms with van der Waals surface area (Å²) in [5, 5.41) is 8.74. The topological polar surface area (TPSA) is 37.3 Å². The molecular formula is C14H22O2. The Morgan fingerprint density at radius 2 is 1.94 bits per heavy atom. The van der Waals surface area contributed by atoms with Crippen LogP contribution in [0, 0.1) is 11.8 Å². The zero-order valence-electron chi connectivity index (χ0n) is 9.95. The summed E-state index contributed by atoms with van der Waals surface area (Å²) in [6, 6.07) is 0. The molecule has 1 saturated carbocycles. The van der Waals surface area contributed by atoms with E-state index in [1.54, 1.807) is 0 Å². The van der Waals surface area contributed by atoms with Crippen LogP contribution >= 0.6 is 0 Å². The van der Waals surface area contributed by atoms with E-state index in [1.807, 2.05) is 0 Å². The van der Waals surface area contributed by atoms with E-state index in [4.69, 9.17) is 5.11 Å².